The van der Waals surface area contributed by atoms with E-state index in [4.69, 9.17) is 4.74 Å². The molecule has 1 heterocycles. The number of aliphatic imine (C=N–C) groups is 1. The molecule has 0 aliphatic rings. The number of halogens is 2. The van der Waals surface area contributed by atoms with E-state index >= 15 is 0 Å². The maximum atomic E-state index is 12.7. The van der Waals surface area contributed by atoms with Crippen LogP contribution >= 0.6 is 0 Å². The average Bonchev–Trinajstić information content (AvgIpc) is 2.89. The summed E-state index contributed by atoms with van der Waals surface area (Å²) < 4.78 is 31.1. The van der Waals surface area contributed by atoms with Gasteiger partial charge in [0.25, 0.3) is 0 Å². The molecular formula is C12H21F2N5O. The van der Waals surface area contributed by atoms with Gasteiger partial charge in [0.15, 0.2) is 5.96 Å². The van der Waals surface area contributed by atoms with Crippen molar-refractivity contribution in [3.05, 3.63) is 18.2 Å². The number of ether oxygens (including phenoxy) is 1. The van der Waals surface area contributed by atoms with E-state index in [1.54, 1.807) is 7.11 Å². The van der Waals surface area contributed by atoms with E-state index in [1.807, 2.05) is 6.92 Å². The second-order valence-electron chi connectivity index (χ2n) is 4.00. The predicted octanol–water partition coefficient (Wildman–Crippen LogP) is 1.37. The van der Waals surface area contributed by atoms with Gasteiger partial charge >= 0.3 is 6.55 Å². The Hall–Kier alpha value is -1.70. The number of imidazole rings is 1. The number of hydrogen-bond acceptors (Lipinski definition) is 3. The van der Waals surface area contributed by atoms with E-state index in [2.05, 4.69) is 20.6 Å². The van der Waals surface area contributed by atoms with Crippen LogP contribution in [0.5, 0.6) is 0 Å². The molecule has 20 heavy (non-hydrogen) atoms. The van der Waals surface area contributed by atoms with Gasteiger partial charge in [-0.1, -0.05) is 0 Å². The van der Waals surface area contributed by atoms with E-state index in [1.165, 1.54) is 12.4 Å². The van der Waals surface area contributed by atoms with Crippen molar-refractivity contribution in [2.45, 2.75) is 26.4 Å². The van der Waals surface area contributed by atoms with Gasteiger partial charge in [-0.25, -0.2) is 9.98 Å². The van der Waals surface area contributed by atoms with Crippen LogP contribution in [-0.2, 0) is 11.3 Å². The van der Waals surface area contributed by atoms with E-state index in [9.17, 15) is 8.78 Å². The average molecular weight is 289 g/mol. The highest BCUT2D eigenvalue weighted by Crippen LogP contribution is 2.12. The summed E-state index contributed by atoms with van der Waals surface area (Å²) >= 11 is 0. The quantitative estimate of drug-likeness (QED) is 0.431. The highest BCUT2D eigenvalue weighted by molar-refractivity contribution is 5.79. The van der Waals surface area contributed by atoms with Crippen LogP contribution in [0.4, 0.5) is 8.78 Å². The largest absolute Gasteiger partial charge is 0.385 e. The van der Waals surface area contributed by atoms with Gasteiger partial charge in [-0.05, 0) is 13.3 Å². The van der Waals surface area contributed by atoms with Gasteiger partial charge in [0.2, 0.25) is 0 Å². The monoisotopic (exact) mass is 289 g/mol. The van der Waals surface area contributed by atoms with Crippen molar-refractivity contribution < 1.29 is 13.5 Å². The normalized spacial score (nSPS) is 11.9. The van der Waals surface area contributed by atoms with Crippen molar-refractivity contribution in [2.75, 3.05) is 26.8 Å². The van der Waals surface area contributed by atoms with Gasteiger partial charge in [0.1, 0.15) is 12.4 Å². The third kappa shape index (κ3) is 5.52. The number of guanidine groups is 1. The molecule has 0 amide bonds. The molecule has 114 valence electrons. The van der Waals surface area contributed by atoms with Gasteiger partial charge in [-0.15, -0.1) is 0 Å². The molecule has 0 bridgehead atoms. The fraction of sp³-hybridized carbons (Fsp3) is 0.667. The lowest BCUT2D eigenvalue weighted by atomic mass is 10.4. The fourth-order valence-corrected chi connectivity index (χ4v) is 1.56. The first-order valence-corrected chi connectivity index (χ1v) is 6.50. The fourth-order valence-electron chi connectivity index (χ4n) is 1.56. The molecule has 6 nitrogen and oxygen atoms in total. The zero-order chi connectivity index (χ0) is 14.8. The second-order valence-corrected chi connectivity index (χ2v) is 4.00. The Balaban J connectivity index is 2.55. The van der Waals surface area contributed by atoms with E-state index in [-0.39, 0.29) is 12.4 Å². The maximum Gasteiger partial charge on any atom is 0.319 e. The van der Waals surface area contributed by atoms with Crippen molar-refractivity contribution in [1.82, 2.24) is 20.2 Å². The summed E-state index contributed by atoms with van der Waals surface area (Å²) in [6, 6.07) is 0. The standard InChI is InChI=1S/C12H21F2N5O/c1-3-15-12(17-5-4-8-20-2)18-9-10-16-6-7-19(10)11(13)14/h6-7,11H,3-5,8-9H2,1-2H3,(H2,15,17,18). The van der Waals surface area contributed by atoms with Crippen LogP contribution < -0.4 is 10.6 Å². The van der Waals surface area contributed by atoms with Crippen molar-refractivity contribution in [3.8, 4) is 0 Å². The summed E-state index contributed by atoms with van der Waals surface area (Å²) in [5, 5.41) is 6.15. The van der Waals surface area contributed by atoms with Crippen LogP contribution in [0.25, 0.3) is 0 Å². The lowest BCUT2D eigenvalue weighted by Gasteiger charge is -2.11. The van der Waals surface area contributed by atoms with Crippen LogP contribution in [0.2, 0.25) is 0 Å². The summed E-state index contributed by atoms with van der Waals surface area (Å²) in [6.45, 7) is 1.48. The van der Waals surface area contributed by atoms with Crippen LogP contribution in [-0.4, -0.2) is 42.3 Å². The Labute approximate surface area is 117 Å². The molecule has 0 radical (unpaired) electrons. The Kier molecular flexibility index (Phi) is 7.56. The van der Waals surface area contributed by atoms with Gasteiger partial charge in [0, 0.05) is 39.2 Å². The summed E-state index contributed by atoms with van der Waals surface area (Å²) in [5.41, 5.74) is 0. The Morgan fingerprint density at radius 1 is 1.50 bits per heavy atom. The number of methoxy groups -OCH3 is 1. The molecule has 0 saturated heterocycles. The first kappa shape index (κ1) is 16.4. The third-order valence-electron chi connectivity index (χ3n) is 2.50. The third-order valence-corrected chi connectivity index (χ3v) is 2.50. The molecule has 0 unspecified atom stereocenters. The number of rotatable bonds is 8. The van der Waals surface area contributed by atoms with Gasteiger partial charge in [0.05, 0.1) is 0 Å². The first-order chi connectivity index (χ1) is 9.69. The number of nitrogens with zero attached hydrogens (tertiary/aromatic N) is 3. The molecule has 0 atom stereocenters. The first-order valence-electron chi connectivity index (χ1n) is 6.50. The number of alkyl halides is 2. The van der Waals surface area contributed by atoms with Crippen molar-refractivity contribution >= 4 is 5.96 Å². The summed E-state index contributed by atoms with van der Waals surface area (Å²) in [6.07, 6.45) is 3.43. The highest BCUT2D eigenvalue weighted by atomic mass is 19.3. The molecule has 2 N–H and O–H groups in total. The molecule has 0 aliphatic heterocycles. The molecule has 0 saturated carbocycles. The summed E-state index contributed by atoms with van der Waals surface area (Å²) in [5.74, 6) is 0.807. The minimum atomic E-state index is -2.60. The van der Waals surface area contributed by atoms with Crippen LogP contribution in [0.1, 0.15) is 25.7 Å². The molecule has 8 heteroatoms. The maximum absolute atomic E-state index is 12.7. The predicted molar refractivity (Wildman–Crippen MR) is 72.8 cm³/mol. The lowest BCUT2D eigenvalue weighted by molar-refractivity contribution is 0.0671. The second kappa shape index (κ2) is 9.24. The van der Waals surface area contributed by atoms with E-state index in [0.29, 0.717) is 25.7 Å². The molecule has 0 aromatic carbocycles. The van der Waals surface area contributed by atoms with Crippen LogP contribution in [0, 0.1) is 0 Å². The Morgan fingerprint density at radius 2 is 2.30 bits per heavy atom. The number of nitrogens with one attached hydrogen (secondary N) is 2. The number of hydrogen-bond donors (Lipinski definition) is 2. The zero-order valence-corrected chi connectivity index (χ0v) is 11.8. The summed E-state index contributed by atoms with van der Waals surface area (Å²) in [4.78, 5) is 8.11. The van der Waals surface area contributed by atoms with Gasteiger partial charge in [-0.2, -0.15) is 8.78 Å². The lowest BCUT2D eigenvalue weighted by Crippen LogP contribution is -2.38. The minimum absolute atomic E-state index is 0.0942. The Morgan fingerprint density at radius 3 is 2.95 bits per heavy atom. The smallest absolute Gasteiger partial charge is 0.319 e. The van der Waals surface area contributed by atoms with Gasteiger partial charge < -0.3 is 15.4 Å². The molecule has 0 aliphatic carbocycles. The molecule has 0 spiro atoms. The Bertz CT molecular complexity index is 408. The zero-order valence-electron chi connectivity index (χ0n) is 11.8. The van der Waals surface area contributed by atoms with Crippen molar-refractivity contribution in [1.29, 1.82) is 0 Å². The van der Waals surface area contributed by atoms with Crippen molar-refractivity contribution in [2.24, 2.45) is 4.99 Å². The van der Waals surface area contributed by atoms with E-state index < -0.39 is 6.55 Å². The molecule has 1 rings (SSSR count). The molecular weight excluding hydrogens is 268 g/mol. The minimum Gasteiger partial charge on any atom is -0.385 e. The highest BCUT2D eigenvalue weighted by Gasteiger charge is 2.10. The summed E-state index contributed by atoms with van der Waals surface area (Å²) in [7, 11) is 1.64. The topological polar surface area (TPSA) is 63.5 Å². The SMILES string of the molecule is CCNC(=NCc1nccn1C(F)F)NCCCOC. The molecule has 1 aromatic heterocycles. The van der Waals surface area contributed by atoms with Crippen molar-refractivity contribution in [3.63, 3.8) is 0 Å². The van der Waals surface area contributed by atoms with E-state index in [0.717, 1.165) is 11.0 Å². The van der Waals surface area contributed by atoms with Crippen LogP contribution in [0.15, 0.2) is 17.4 Å². The van der Waals surface area contributed by atoms with Gasteiger partial charge in [-0.3, -0.25) is 4.57 Å². The number of aromatic nitrogens is 2. The van der Waals surface area contributed by atoms with Crippen LogP contribution in [0.3, 0.4) is 0 Å². The molecule has 1 aromatic rings. The molecule has 0 fully saturated rings.